The van der Waals surface area contributed by atoms with Crippen molar-refractivity contribution in [3.63, 3.8) is 0 Å². The van der Waals surface area contributed by atoms with Crippen molar-refractivity contribution in [2.45, 2.75) is 38.8 Å². The van der Waals surface area contributed by atoms with Gasteiger partial charge < -0.3 is 14.4 Å². The molecule has 0 aliphatic rings. The molecule has 2 aromatic carbocycles. The zero-order valence-corrected chi connectivity index (χ0v) is 15.1. The predicted octanol–water partition coefficient (Wildman–Crippen LogP) is 4.99. The van der Waals surface area contributed by atoms with Crippen molar-refractivity contribution in [2.24, 2.45) is 0 Å². The van der Waals surface area contributed by atoms with Crippen LogP contribution >= 0.6 is 11.6 Å². The minimum Gasteiger partial charge on any atom is -0.492 e. The van der Waals surface area contributed by atoms with Crippen LogP contribution < -0.4 is 4.74 Å². The Morgan fingerprint density at radius 1 is 1.12 bits per heavy atom. The summed E-state index contributed by atoms with van der Waals surface area (Å²) < 4.78 is 7.86. The Kier molecular flexibility index (Phi) is 5.95. The minimum absolute atomic E-state index is 0.535. The van der Waals surface area contributed by atoms with Crippen molar-refractivity contribution in [3.8, 4) is 5.75 Å². The summed E-state index contributed by atoms with van der Waals surface area (Å²) in [4.78, 5) is 4.61. The van der Waals surface area contributed by atoms with Crippen molar-refractivity contribution >= 4 is 22.6 Å². The molecule has 0 bridgehead atoms. The summed E-state index contributed by atoms with van der Waals surface area (Å²) in [6.45, 7) is 3.38. The second kappa shape index (κ2) is 8.37. The molecule has 5 heteroatoms. The van der Waals surface area contributed by atoms with Crippen LogP contribution in [0, 0.1) is 0 Å². The van der Waals surface area contributed by atoms with Crippen LogP contribution in [0.2, 0.25) is 5.02 Å². The SMILES string of the molecule is CCC(O)c1nc2ccccc2n1CCCCOc1ccccc1Cl. The number of imidazole rings is 1. The Bertz CT molecular complexity index is 831. The average Bonchev–Trinajstić information content (AvgIpc) is 3.01. The van der Waals surface area contributed by atoms with Gasteiger partial charge in [0.05, 0.1) is 22.7 Å². The minimum atomic E-state index is -0.535. The van der Waals surface area contributed by atoms with E-state index in [-0.39, 0.29) is 0 Å². The summed E-state index contributed by atoms with van der Waals surface area (Å²) in [5.74, 6) is 1.47. The van der Waals surface area contributed by atoms with Gasteiger partial charge >= 0.3 is 0 Å². The highest BCUT2D eigenvalue weighted by molar-refractivity contribution is 6.32. The smallest absolute Gasteiger partial charge is 0.138 e. The lowest BCUT2D eigenvalue weighted by molar-refractivity contribution is 0.159. The quantitative estimate of drug-likeness (QED) is 0.577. The summed E-state index contributed by atoms with van der Waals surface area (Å²) in [5, 5.41) is 10.9. The third-order valence-corrected chi connectivity index (χ3v) is 4.55. The Morgan fingerprint density at radius 2 is 1.88 bits per heavy atom. The van der Waals surface area contributed by atoms with Crippen LogP contribution in [-0.2, 0) is 6.54 Å². The first-order chi connectivity index (χ1) is 12.2. The number of ether oxygens (including phenoxy) is 1. The fourth-order valence-corrected chi connectivity index (χ4v) is 3.07. The number of aryl methyl sites for hydroxylation is 1. The molecule has 1 aromatic heterocycles. The van der Waals surface area contributed by atoms with Crippen molar-refractivity contribution in [2.75, 3.05) is 6.61 Å². The van der Waals surface area contributed by atoms with Crippen LogP contribution in [0.3, 0.4) is 0 Å². The predicted molar refractivity (Wildman–Crippen MR) is 101 cm³/mol. The van der Waals surface area contributed by atoms with Gasteiger partial charge in [-0.2, -0.15) is 0 Å². The number of aliphatic hydroxyl groups is 1. The van der Waals surface area contributed by atoms with E-state index in [1.165, 1.54) is 0 Å². The fourth-order valence-electron chi connectivity index (χ4n) is 2.88. The summed E-state index contributed by atoms with van der Waals surface area (Å²) in [7, 11) is 0. The number of rotatable bonds is 8. The first-order valence-electron chi connectivity index (χ1n) is 8.71. The van der Waals surface area contributed by atoms with Gasteiger partial charge in [0.1, 0.15) is 17.7 Å². The molecule has 1 heterocycles. The topological polar surface area (TPSA) is 47.3 Å². The van der Waals surface area contributed by atoms with Gasteiger partial charge in [-0.05, 0) is 43.5 Å². The van der Waals surface area contributed by atoms with Gasteiger partial charge in [0.15, 0.2) is 0 Å². The van der Waals surface area contributed by atoms with E-state index in [9.17, 15) is 5.11 Å². The number of hydrogen-bond donors (Lipinski definition) is 1. The number of unbranched alkanes of at least 4 members (excludes halogenated alkanes) is 1. The zero-order valence-electron chi connectivity index (χ0n) is 14.4. The maximum atomic E-state index is 10.3. The molecule has 1 atom stereocenters. The highest BCUT2D eigenvalue weighted by Gasteiger charge is 2.16. The second-order valence-electron chi connectivity index (χ2n) is 6.02. The summed E-state index contributed by atoms with van der Waals surface area (Å²) in [5.41, 5.74) is 1.99. The van der Waals surface area contributed by atoms with E-state index in [2.05, 4.69) is 15.6 Å². The Hall–Kier alpha value is -2.04. The molecule has 132 valence electrons. The van der Waals surface area contributed by atoms with Gasteiger partial charge in [0, 0.05) is 6.54 Å². The molecule has 4 nitrogen and oxygen atoms in total. The molecule has 0 amide bonds. The van der Waals surface area contributed by atoms with E-state index in [4.69, 9.17) is 16.3 Å². The van der Waals surface area contributed by atoms with Crippen molar-refractivity contribution in [3.05, 3.63) is 59.4 Å². The number of para-hydroxylation sites is 3. The average molecular weight is 359 g/mol. The summed E-state index contributed by atoms with van der Waals surface area (Å²) >= 11 is 6.09. The molecular formula is C20H23ClN2O2. The number of hydrogen-bond acceptors (Lipinski definition) is 3. The fraction of sp³-hybridized carbons (Fsp3) is 0.350. The van der Waals surface area contributed by atoms with Gasteiger partial charge in [-0.15, -0.1) is 0 Å². The lowest BCUT2D eigenvalue weighted by Crippen LogP contribution is -2.09. The van der Waals surface area contributed by atoms with Crippen molar-refractivity contribution in [1.29, 1.82) is 0 Å². The Morgan fingerprint density at radius 3 is 2.68 bits per heavy atom. The third-order valence-electron chi connectivity index (χ3n) is 4.24. The number of benzene rings is 2. The lowest BCUT2D eigenvalue weighted by Gasteiger charge is -2.13. The van der Waals surface area contributed by atoms with Gasteiger partial charge in [-0.25, -0.2) is 4.98 Å². The zero-order chi connectivity index (χ0) is 17.6. The van der Waals surface area contributed by atoms with Crippen molar-refractivity contribution < 1.29 is 9.84 Å². The monoisotopic (exact) mass is 358 g/mol. The molecule has 3 aromatic rings. The normalized spacial score (nSPS) is 12.4. The maximum absolute atomic E-state index is 10.3. The first-order valence-corrected chi connectivity index (χ1v) is 9.09. The van der Waals surface area contributed by atoms with Crippen LogP contribution in [0.1, 0.15) is 38.1 Å². The van der Waals surface area contributed by atoms with Gasteiger partial charge in [-0.3, -0.25) is 0 Å². The molecule has 0 aliphatic carbocycles. The molecule has 1 N–H and O–H groups in total. The van der Waals surface area contributed by atoms with Gasteiger partial charge in [0.2, 0.25) is 0 Å². The van der Waals surface area contributed by atoms with E-state index in [0.29, 0.717) is 18.1 Å². The molecule has 3 rings (SSSR count). The molecular weight excluding hydrogens is 336 g/mol. The van der Waals surface area contributed by atoms with E-state index in [0.717, 1.165) is 42.0 Å². The van der Waals surface area contributed by atoms with E-state index < -0.39 is 6.10 Å². The summed E-state index contributed by atoms with van der Waals surface area (Å²) in [6, 6.07) is 15.5. The molecule has 25 heavy (non-hydrogen) atoms. The molecule has 0 spiro atoms. The highest BCUT2D eigenvalue weighted by atomic mass is 35.5. The number of nitrogens with zero attached hydrogens (tertiary/aromatic N) is 2. The molecule has 0 fully saturated rings. The maximum Gasteiger partial charge on any atom is 0.138 e. The van der Waals surface area contributed by atoms with Crippen LogP contribution in [-0.4, -0.2) is 21.3 Å². The van der Waals surface area contributed by atoms with Crippen LogP contribution in [0.4, 0.5) is 0 Å². The number of aliphatic hydroxyl groups excluding tert-OH is 1. The molecule has 0 saturated carbocycles. The summed E-state index contributed by atoms with van der Waals surface area (Å²) in [6.07, 6.45) is 1.96. The number of fused-ring (bicyclic) bond motifs is 1. The molecule has 0 saturated heterocycles. The third kappa shape index (κ3) is 4.14. The van der Waals surface area contributed by atoms with Crippen LogP contribution in [0.15, 0.2) is 48.5 Å². The first kappa shape index (κ1) is 17.8. The second-order valence-corrected chi connectivity index (χ2v) is 6.43. The van der Waals surface area contributed by atoms with E-state index in [1.807, 2.05) is 49.4 Å². The van der Waals surface area contributed by atoms with E-state index >= 15 is 0 Å². The molecule has 1 unspecified atom stereocenters. The Labute approximate surface area is 153 Å². The number of aromatic nitrogens is 2. The lowest BCUT2D eigenvalue weighted by atomic mass is 10.2. The molecule has 0 aliphatic heterocycles. The Balaban J connectivity index is 1.62. The van der Waals surface area contributed by atoms with Gasteiger partial charge in [-0.1, -0.05) is 42.8 Å². The highest BCUT2D eigenvalue weighted by Crippen LogP contribution is 2.24. The van der Waals surface area contributed by atoms with Gasteiger partial charge in [0.25, 0.3) is 0 Å². The van der Waals surface area contributed by atoms with Crippen LogP contribution in [0.5, 0.6) is 5.75 Å². The molecule has 0 radical (unpaired) electrons. The standard InChI is InChI=1S/C20H23ClN2O2/c1-2-18(24)20-22-16-10-4-5-11-17(16)23(20)13-7-8-14-25-19-12-6-3-9-15(19)21/h3-6,9-12,18,24H,2,7-8,13-14H2,1H3. The van der Waals surface area contributed by atoms with E-state index in [1.54, 1.807) is 0 Å². The van der Waals surface area contributed by atoms with Crippen molar-refractivity contribution in [1.82, 2.24) is 9.55 Å². The van der Waals surface area contributed by atoms with Crippen LogP contribution in [0.25, 0.3) is 11.0 Å². The number of halogens is 1. The largest absolute Gasteiger partial charge is 0.492 e.